The van der Waals surface area contributed by atoms with Crippen molar-refractivity contribution >= 4 is 17.4 Å². The molecule has 5 heteroatoms. The molecule has 2 aromatic rings. The molecule has 1 aliphatic rings. The van der Waals surface area contributed by atoms with Crippen LogP contribution >= 0.6 is 0 Å². The molecular formula is C26H32N2O3. The van der Waals surface area contributed by atoms with E-state index >= 15 is 0 Å². The van der Waals surface area contributed by atoms with Gasteiger partial charge in [0.15, 0.2) is 0 Å². The highest BCUT2D eigenvalue weighted by atomic mass is 16.3. The fourth-order valence-corrected chi connectivity index (χ4v) is 4.17. The second kappa shape index (κ2) is 9.92. The van der Waals surface area contributed by atoms with E-state index < -0.39 is 17.7 Å². The van der Waals surface area contributed by atoms with Crippen molar-refractivity contribution in [2.75, 3.05) is 26.2 Å². The number of carbonyl (C=O) groups is 2. The average Bonchev–Trinajstić information content (AvgIpc) is 3.04. The van der Waals surface area contributed by atoms with E-state index in [1.165, 1.54) is 0 Å². The molecule has 0 bridgehead atoms. The lowest BCUT2D eigenvalue weighted by molar-refractivity contribution is -0.140. The van der Waals surface area contributed by atoms with Gasteiger partial charge in [-0.1, -0.05) is 69.3 Å². The number of hydrogen-bond donors (Lipinski definition) is 1. The van der Waals surface area contributed by atoms with Crippen molar-refractivity contribution in [1.29, 1.82) is 0 Å². The standard InChI is InChI=1S/C26H32N2O3/c1-5-19-12-14-20(15-13-19)24(29)22-23(21-11-9-8-10-18(21)4)28(26(31)25(22)30)17-16-27(6-2)7-3/h8-15,23,29H,5-7,16-17H2,1-4H3/b24-22-. The molecule has 1 saturated heterocycles. The molecule has 1 heterocycles. The smallest absolute Gasteiger partial charge is 0.295 e. The highest BCUT2D eigenvalue weighted by molar-refractivity contribution is 6.46. The van der Waals surface area contributed by atoms with Crippen LogP contribution in [0, 0.1) is 6.92 Å². The van der Waals surface area contributed by atoms with Gasteiger partial charge in [0.2, 0.25) is 0 Å². The second-order valence-corrected chi connectivity index (χ2v) is 7.93. The summed E-state index contributed by atoms with van der Waals surface area (Å²) < 4.78 is 0. The molecular weight excluding hydrogens is 388 g/mol. The topological polar surface area (TPSA) is 60.9 Å². The number of ketones is 1. The lowest BCUT2D eigenvalue weighted by atomic mass is 9.92. The van der Waals surface area contributed by atoms with E-state index in [1.807, 2.05) is 55.5 Å². The first-order valence-corrected chi connectivity index (χ1v) is 11.1. The van der Waals surface area contributed by atoms with Gasteiger partial charge < -0.3 is 14.9 Å². The van der Waals surface area contributed by atoms with Crippen LogP contribution in [0.25, 0.3) is 5.76 Å². The van der Waals surface area contributed by atoms with Gasteiger partial charge in [0.25, 0.3) is 11.7 Å². The summed E-state index contributed by atoms with van der Waals surface area (Å²) in [6, 6.07) is 14.6. The number of aryl methyl sites for hydroxylation is 2. The summed E-state index contributed by atoms with van der Waals surface area (Å²) in [7, 11) is 0. The number of likely N-dealkylation sites (tertiary alicyclic amines) is 1. The van der Waals surface area contributed by atoms with Crippen LogP contribution < -0.4 is 0 Å². The fraction of sp³-hybridized carbons (Fsp3) is 0.385. The Balaban J connectivity index is 2.10. The van der Waals surface area contributed by atoms with Crippen molar-refractivity contribution < 1.29 is 14.7 Å². The number of rotatable bonds is 8. The van der Waals surface area contributed by atoms with E-state index in [2.05, 4.69) is 25.7 Å². The van der Waals surface area contributed by atoms with E-state index in [0.717, 1.165) is 36.2 Å². The van der Waals surface area contributed by atoms with Crippen LogP contribution in [0.15, 0.2) is 54.1 Å². The monoisotopic (exact) mass is 420 g/mol. The van der Waals surface area contributed by atoms with Crippen LogP contribution in [-0.4, -0.2) is 52.8 Å². The van der Waals surface area contributed by atoms with Gasteiger partial charge in [-0.25, -0.2) is 0 Å². The minimum absolute atomic E-state index is 0.111. The van der Waals surface area contributed by atoms with E-state index in [4.69, 9.17) is 0 Å². The molecule has 0 spiro atoms. The molecule has 31 heavy (non-hydrogen) atoms. The maximum atomic E-state index is 13.1. The molecule has 2 aromatic carbocycles. The van der Waals surface area contributed by atoms with E-state index in [1.54, 1.807) is 4.90 Å². The molecule has 1 N–H and O–H groups in total. The molecule has 1 atom stereocenters. The first-order valence-electron chi connectivity index (χ1n) is 11.1. The molecule has 0 radical (unpaired) electrons. The normalized spacial score (nSPS) is 18.2. The predicted molar refractivity (Wildman–Crippen MR) is 124 cm³/mol. The maximum absolute atomic E-state index is 13.1. The third-order valence-corrected chi connectivity index (χ3v) is 6.21. The number of likely N-dealkylation sites (N-methyl/N-ethyl adjacent to an activating group) is 1. The summed E-state index contributed by atoms with van der Waals surface area (Å²) >= 11 is 0. The molecule has 5 nitrogen and oxygen atoms in total. The van der Waals surface area contributed by atoms with Crippen molar-refractivity contribution in [2.24, 2.45) is 0 Å². The summed E-state index contributed by atoms with van der Waals surface area (Å²) in [6.07, 6.45) is 0.889. The fourth-order valence-electron chi connectivity index (χ4n) is 4.17. The van der Waals surface area contributed by atoms with E-state index in [9.17, 15) is 14.7 Å². The largest absolute Gasteiger partial charge is 0.507 e. The minimum Gasteiger partial charge on any atom is -0.507 e. The van der Waals surface area contributed by atoms with Crippen LogP contribution in [0.1, 0.15) is 49.1 Å². The van der Waals surface area contributed by atoms with Crippen LogP contribution in [0.2, 0.25) is 0 Å². The molecule has 3 rings (SSSR count). The molecule has 1 unspecified atom stereocenters. The zero-order valence-corrected chi connectivity index (χ0v) is 18.9. The first-order chi connectivity index (χ1) is 14.9. The number of nitrogens with zero attached hydrogens (tertiary/aromatic N) is 2. The van der Waals surface area contributed by atoms with Gasteiger partial charge in [-0.3, -0.25) is 9.59 Å². The van der Waals surface area contributed by atoms with Crippen LogP contribution in [-0.2, 0) is 16.0 Å². The molecule has 0 saturated carbocycles. The summed E-state index contributed by atoms with van der Waals surface area (Å²) in [4.78, 5) is 30.0. The average molecular weight is 421 g/mol. The first kappa shape index (κ1) is 22.8. The van der Waals surface area contributed by atoms with E-state index in [0.29, 0.717) is 18.7 Å². The van der Waals surface area contributed by atoms with Crippen LogP contribution in [0.4, 0.5) is 0 Å². The summed E-state index contributed by atoms with van der Waals surface area (Å²) in [5.74, 6) is -1.28. The Kier molecular flexibility index (Phi) is 7.29. The van der Waals surface area contributed by atoms with Crippen LogP contribution in [0.5, 0.6) is 0 Å². The Morgan fingerprint density at radius 3 is 2.23 bits per heavy atom. The Hall–Kier alpha value is -2.92. The second-order valence-electron chi connectivity index (χ2n) is 7.93. The molecule has 164 valence electrons. The quantitative estimate of drug-likeness (QED) is 0.392. The minimum atomic E-state index is -0.620. The zero-order valence-electron chi connectivity index (χ0n) is 18.9. The van der Waals surface area contributed by atoms with Crippen molar-refractivity contribution in [3.8, 4) is 0 Å². The number of aliphatic hydroxyl groups excluding tert-OH is 1. The lowest BCUT2D eigenvalue weighted by Crippen LogP contribution is -2.38. The van der Waals surface area contributed by atoms with Gasteiger partial charge in [-0.05, 0) is 43.1 Å². The molecule has 1 fully saturated rings. The number of amides is 1. The number of carbonyl (C=O) groups excluding carboxylic acids is 2. The SMILES string of the molecule is CCc1ccc(/C(O)=C2/C(=O)C(=O)N(CCN(CC)CC)C2c2ccccc2C)cc1. The lowest BCUT2D eigenvalue weighted by Gasteiger charge is -2.29. The van der Waals surface area contributed by atoms with Gasteiger partial charge >= 0.3 is 0 Å². The van der Waals surface area contributed by atoms with E-state index in [-0.39, 0.29) is 11.3 Å². The van der Waals surface area contributed by atoms with Gasteiger partial charge in [0.1, 0.15) is 5.76 Å². The highest BCUT2D eigenvalue weighted by Crippen LogP contribution is 2.40. The highest BCUT2D eigenvalue weighted by Gasteiger charge is 2.46. The predicted octanol–water partition coefficient (Wildman–Crippen LogP) is 4.32. The van der Waals surface area contributed by atoms with Crippen molar-refractivity contribution in [3.05, 3.63) is 76.4 Å². The molecule has 1 amide bonds. The summed E-state index contributed by atoms with van der Waals surface area (Å²) in [5.41, 5.74) is 3.72. The van der Waals surface area contributed by atoms with Gasteiger partial charge in [-0.2, -0.15) is 0 Å². The Bertz CT molecular complexity index is 974. The number of hydrogen-bond acceptors (Lipinski definition) is 4. The van der Waals surface area contributed by atoms with Gasteiger partial charge in [0, 0.05) is 18.7 Å². The van der Waals surface area contributed by atoms with Gasteiger partial charge in [0.05, 0.1) is 11.6 Å². The number of benzene rings is 2. The Morgan fingerprint density at radius 2 is 1.65 bits per heavy atom. The molecule has 0 aromatic heterocycles. The van der Waals surface area contributed by atoms with Crippen molar-refractivity contribution in [2.45, 2.75) is 40.2 Å². The third-order valence-electron chi connectivity index (χ3n) is 6.21. The maximum Gasteiger partial charge on any atom is 0.295 e. The molecule has 0 aliphatic carbocycles. The van der Waals surface area contributed by atoms with Crippen molar-refractivity contribution in [1.82, 2.24) is 9.80 Å². The Morgan fingerprint density at radius 1 is 1.00 bits per heavy atom. The van der Waals surface area contributed by atoms with Gasteiger partial charge in [-0.15, -0.1) is 0 Å². The molecule has 1 aliphatic heterocycles. The van der Waals surface area contributed by atoms with Crippen LogP contribution in [0.3, 0.4) is 0 Å². The number of Topliss-reactive ketones (excluding diaryl/α,β-unsaturated/α-hetero) is 1. The Labute approximate surface area is 185 Å². The zero-order chi connectivity index (χ0) is 22.5. The van der Waals surface area contributed by atoms with Crippen molar-refractivity contribution in [3.63, 3.8) is 0 Å². The third kappa shape index (κ3) is 4.57. The number of aliphatic hydroxyl groups is 1. The summed E-state index contributed by atoms with van der Waals surface area (Å²) in [6.45, 7) is 11.0. The summed E-state index contributed by atoms with van der Waals surface area (Å²) in [5, 5.41) is 11.2.